The van der Waals surface area contributed by atoms with Gasteiger partial charge in [-0.3, -0.25) is 5.10 Å². The zero-order valence-corrected chi connectivity index (χ0v) is 12.6. The minimum Gasteiger partial charge on any atom is -0.377 e. The van der Waals surface area contributed by atoms with Gasteiger partial charge in [-0.05, 0) is 6.92 Å². The number of hydrogen-bond acceptors (Lipinski definition) is 6. The van der Waals surface area contributed by atoms with Crippen LogP contribution in [0.25, 0.3) is 0 Å². The molecule has 1 aliphatic heterocycles. The molecular weight excluding hydrogens is 284 g/mol. The van der Waals surface area contributed by atoms with Crippen molar-refractivity contribution in [1.82, 2.24) is 14.5 Å². The van der Waals surface area contributed by atoms with E-state index in [1.54, 1.807) is 6.92 Å². The molecule has 0 aromatic carbocycles. The van der Waals surface area contributed by atoms with Crippen molar-refractivity contribution < 1.29 is 17.9 Å². The van der Waals surface area contributed by atoms with E-state index in [2.05, 4.69) is 10.2 Å². The topological polar surface area (TPSA) is 111 Å². The third-order valence-electron chi connectivity index (χ3n) is 3.61. The first kappa shape index (κ1) is 15.4. The summed E-state index contributed by atoms with van der Waals surface area (Å²) in [6.45, 7) is 2.35. The van der Waals surface area contributed by atoms with Gasteiger partial charge in [-0.1, -0.05) is 0 Å². The molecule has 20 heavy (non-hydrogen) atoms. The smallest absolute Gasteiger partial charge is 0.262 e. The monoisotopic (exact) mass is 304 g/mol. The van der Waals surface area contributed by atoms with Gasteiger partial charge in [0.1, 0.15) is 0 Å². The third kappa shape index (κ3) is 2.47. The Bertz CT molecular complexity index is 559. The quantitative estimate of drug-likeness (QED) is 0.737. The number of rotatable bonds is 5. The number of H-pyrrole nitrogens is 1. The van der Waals surface area contributed by atoms with Gasteiger partial charge in [-0.2, -0.15) is 9.40 Å². The molecule has 0 bridgehead atoms. The lowest BCUT2D eigenvalue weighted by Gasteiger charge is -2.15. The predicted molar refractivity (Wildman–Crippen MR) is 71.6 cm³/mol. The molecule has 2 atom stereocenters. The highest BCUT2D eigenvalue weighted by molar-refractivity contribution is 7.89. The van der Waals surface area contributed by atoms with Crippen molar-refractivity contribution in [3.63, 3.8) is 0 Å². The van der Waals surface area contributed by atoms with Crippen molar-refractivity contribution in [1.29, 1.82) is 0 Å². The summed E-state index contributed by atoms with van der Waals surface area (Å²) in [6.07, 6.45) is -0.563. The van der Waals surface area contributed by atoms with Gasteiger partial charge >= 0.3 is 0 Å². The van der Waals surface area contributed by atoms with Crippen LogP contribution in [0, 0.1) is 6.92 Å². The van der Waals surface area contributed by atoms with E-state index in [9.17, 15) is 8.42 Å². The van der Waals surface area contributed by atoms with Gasteiger partial charge in [0.25, 0.3) is 10.0 Å². The number of ether oxygens (including phenoxy) is 2. The second kappa shape index (κ2) is 5.78. The lowest BCUT2D eigenvalue weighted by atomic mass is 10.3. The summed E-state index contributed by atoms with van der Waals surface area (Å²) >= 11 is 0. The van der Waals surface area contributed by atoms with E-state index < -0.39 is 10.0 Å². The fraction of sp³-hybridized carbons (Fsp3) is 0.727. The first-order chi connectivity index (χ1) is 9.45. The van der Waals surface area contributed by atoms with Crippen molar-refractivity contribution >= 4 is 10.0 Å². The lowest BCUT2D eigenvalue weighted by Crippen LogP contribution is -2.31. The Morgan fingerprint density at radius 2 is 1.90 bits per heavy atom. The van der Waals surface area contributed by atoms with Crippen molar-refractivity contribution in [2.24, 2.45) is 5.73 Å². The molecule has 2 unspecified atom stereocenters. The number of hydrogen-bond donors (Lipinski definition) is 2. The highest BCUT2D eigenvalue weighted by Crippen LogP contribution is 2.25. The molecule has 3 N–H and O–H groups in total. The summed E-state index contributed by atoms with van der Waals surface area (Å²) in [4.78, 5) is 0. The Labute approximate surface area is 118 Å². The second-order valence-corrected chi connectivity index (χ2v) is 6.56. The molecule has 114 valence electrons. The molecular formula is C11H20N4O4S. The zero-order chi connectivity index (χ0) is 14.9. The predicted octanol–water partition coefficient (Wildman–Crippen LogP) is -0.789. The highest BCUT2D eigenvalue weighted by Gasteiger charge is 2.41. The second-order valence-electron chi connectivity index (χ2n) is 4.71. The van der Waals surface area contributed by atoms with Crippen LogP contribution in [0.4, 0.5) is 0 Å². The van der Waals surface area contributed by atoms with Crippen molar-refractivity contribution in [3.8, 4) is 0 Å². The van der Waals surface area contributed by atoms with Gasteiger partial charge in [0, 0.05) is 45.1 Å². The van der Waals surface area contributed by atoms with E-state index >= 15 is 0 Å². The van der Waals surface area contributed by atoms with E-state index in [4.69, 9.17) is 15.2 Å². The number of aromatic amines is 1. The van der Waals surface area contributed by atoms with Gasteiger partial charge in [-0.25, -0.2) is 8.42 Å². The maximum absolute atomic E-state index is 12.6. The molecule has 0 radical (unpaired) electrons. The van der Waals surface area contributed by atoms with Gasteiger partial charge < -0.3 is 15.2 Å². The first-order valence-corrected chi connectivity index (χ1v) is 7.69. The molecule has 1 aliphatic rings. The summed E-state index contributed by atoms with van der Waals surface area (Å²) in [7, 11) is -0.619. The van der Waals surface area contributed by atoms with Crippen LogP contribution in [0.5, 0.6) is 0 Å². The van der Waals surface area contributed by atoms with Crippen LogP contribution >= 0.6 is 0 Å². The van der Waals surface area contributed by atoms with Crippen LogP contribution in [0.1, 0.15) is 11.3 Å². The number of nitrogens with one attached hydrogen (secondary N) is 1. The minimum atomic E-state index is -3.70. The first-order valence-electron chi connectivity index (χ1n) is 6.25. The summed E-state index contributed by atoms with van der Waals surface area (Å²) in [5.74, 6) is 0. The van der Waals surface area contributed by atoms with E-state index in [0.717, 1.165) is 0 Å². The average molecular weight is 304 g/mol. The minimum absolute atomic E-state index is 0.0101. The molecule has 1 fully saturated rings. The number of sulfonamides is 1. The Balaban J connectivity index is 2.32. The normalized spacial score (nSPS) is 24.4. The molecule has 8 nitrogen and oxygen atoms in total. The summed E-state index contributed by atoms with van der Waals surface area (Å²) in [6, 6.07) is 0. The molecule has 0 amide bonds. The molecule has 1 aromatic heterocycles. The molecule has 1 aromatic rings. The SMILES string of the molecule is COC1CN(S(=O)(=O)c2n[nH]c(C)c2CN)CC1OC. The van der Waals surface area contributed by atoms with Crippen LogP contribution in [-0.2, 0) is 26.0 Å². The average Bonchev–Trinajstić information content (AvgIpc) is 3.01. The number of methoxy groups -OCH3 is 2. The largest absolute Gasteiger partial charge is 0.377 e. The molecule has 1 saturated heterocycles. The van der Waals surface area contributed by atoms with E-state index in [1.165, 1.54) is 18.5 Å². The summed E-state index contributed by atoms with van der Waals surface area (Å²) in [5, 5.41) is 6.55. The maximum Gasteiger partial charge on any atom is 0.262 e. The number of aromatic nitrogens is 2. The van der Waals surface area contributed by atoms with E-state index in [0.29, 0.717) is 11.3 Å². The van der Waals surface area contributed by atoms with Crippen LogP contribution in [0.3, 0.4) is 0 Å². The number of nitrogens with zero attached hydrogens (tertiary/aromatic N) is 2. The lowest BCUT2D eigenvalue weighted by molar-refractivity contribution is -0.00461. The molecule has 9 heteroatoms. The van der Waals surface area contributed by atoms with Crippen LogP contribution in [0.15, 0.2) is 5.03 Å². The van der Waals surface area contributed by atoms with Gasteiger partial charge in [-0.15, -0.1) is 0 Å². The maximum atomic E-state index is 12.6. The molecule has 2 heterocycles. The third-order valence-corrected chi connectivity index (χ3v) is 5.42. The highest BCUT2D eigenvalue weighted by atomic mass is 32.2. The Morgan fingerprint density at radius 1 is 1.35 bits per heavy atom. The Hall–Kier alpha value is -1.00. The van der Waals surface area contributed by atoms with E-state index in [1.807, 2.05) is 0 Å². The van der Waals surface area contributed by atoms with Crippen molar-refractivity contribution in [2.75, 3.05) is 27.3 Å². The van der Waals surface area contributed by atoms with Gasteiger partial charge in [0.2, 0.25) is 0 Å². The zero-order valence-electron chi connectivity index (χ0n) is 11.8. The summed E-state index contributed by atoms with van der Waals surface area (Å²) in [5.41, 5.74) is 6.78. The Kier molecular flexibility index (Phi) is 4.45. The molecule has 0 aliphatic carbocycles. The summed E-state index contributed by atoms with van der Waals surface area (Å²) < 4.78 is 37.1. The number of nitrogens with two attached hydrogens (primary N) is 1. The van der Waals surface area contributed by atoms with Crippen LogP contribution in [-0.4, -0.2) is 62.4 Å². The van der Waals surface area contributed by atoms with Gasteiger partial charge in [0.05, 0.1) is 12.2 Å². The molecule has 0 spiro atoms. The standard InChI is InChI=1S/C11H20N4O4S/c1-7-8(4-12)11(14-13-7)20(16,17)15-5-9(18-2)10(6-15)19-3/h9-10H,4-6,12H2,1-3H3,(H,13,14). The fourth-order valence-electron chi connectivity index (χ4n) is 2.37. The molecule has 0 saturated carbocycles. The molecule has 2 rings (SSSR count). The Morgan fingerprint density at radius 3 is 2.35 bits per heavy atom. The van der Waals surface area contributed by atoms with Crippen LogP contribution in [0.2, 0.25) is 0 Å². The van der Waals surface area contributed by atoms with Crippen molar-refractivity contribution in [2.45, 2.75) is 30.7 Å². The van der Waals surface area contributed by atoms with Crippen molar-refractivity contribution in [3.05, 3.63) is 11.3 Å². The number of aryl methyl sites for hydroxylation is 1. The van der Waals surface area contributed by atoms with Gasteiger partial charge in [0.15, 0.2) is 5.03 Å². The fourth-order valence-corrected chi connectivity index (χ4v) is 4.01. The van der Waals surface area contributed by atoms with Crippen LogP contribution < -0.4 is 5.73 Å². The van der Waals surface area contributed by atoms with E-state index in [-0.39, 0.29) is 36.9 Å².